The predicted molar refractivity (Wildman–Crippen MR) is 128 cm³/mol. The predicted octanol–water partition coefficient (Wildman–Crippen LogP) is 4.40. The van der Waals surface area contributed by atoms with E-state index in [0.717, 1.165) is 48.3 Å². The highest BCUT2D eigenvalue weighted by Gasteiger charge is 2.19. The van der Waals surface area contributed by atoms with E-state index in [1.165, 1.54) is 0 Å². The average molecular weight is 447 g/mol. The highest BCUT2D eigenvalue weighted by Crippen LogP contribution is 2.28. The van der Waals surface area contributed by atoms with Gasteiger partial charge < -0.3 is 20.9 Å². The number of nitrogen functional groups attached to an aromatic ring is 1. The van der Waals surface area contributed by atoms with E-state index in [9.17, 15) is 9.90 Å². The maximum Gasteiger partial charge on any atom is 0.303 e. The van der Waals surface area contributed by atoms with Gasteiger partial charge in [-0.25, -0.2) is 4.98 Å². The number of rotatable bonds is 14. The van der Waals surface area contributed by atoms with E-state index in [-0.39, 0.29) is 18.4 Å². The largest absolute Gasteiger partial charge is 0.496 e. The summed E-state index contributed by atoms with van der Waals surface area (Å²) in [4.78, 5) is 20.2. The SMILES string of the molecule is CCCCC(CCSC)Nc1nc(N)nc(CCC(=O)O)c1Cc1ccccc1OC. The van der Waals surface area contributed by atoms with Crippen LogP contribution in [0, 0.1) is 0 Å². The molecule has 2 rings (SSSR count). The van der Waals surface area contributed by atoms with Crippen molar-refractivity contribution in [3.8, 4) is 5.75 Å². The minimum atomic E-state index is -0.865. The third-order valence-corrected chi connectivity index (χ3v) is 5.81. The fraction of sp³-hybridized carbons (Fsp3) is 0.522. The number of nitrogens with zero attached hydrogens (tertiary/aromatic N) is 2. The monoisotopic (exact) mass is 446 g/mol. The van der Waals surface area contributed by atoms with E-state index in [4.69, 9.17) is 10.5 Å². The maximum absolute atomic E-state index is 11.2. The molecule has 0 fully saturated rings. The number of aliphatic carboxylic acids is 1. The van der Waals surface area contributed by atoms with Crippen LogP contribution in [-0.2, 0) is 17.6 Å². The number of carboxylic acid groups (broad SMARTS) is 1. The Morgan fingerprint density at radius 2 is 2.06 bits per heavy atom. The third-order valence-electron chi connectivity index (χ3n) is 5.16. The maximum atomic E-state index is 11.2. The number of benzene rings is 1. The number of aryl methyl sites for hydroxylation is 1. The van der Waals surface area contributed by atoms with Crippen LogP contribution in [-0.4, -0.2) is 46.2 Å². The Bertz CT molecular complexity index is 840. The first-order valence-corrected chi connectivity index (χ1v) is 12.1. The number of carbonyl (C=O) groups is 1. The van der Waals surface area contributed by atoms with Crippen molar-refractivity contribution in [1.82, 2.24) is 9.97 Å². The smallest absolute Gasteiger partial charge is 0.303 e. The number of carboxylic acids is 1. The molecule has 1 unspecified atom stereocenters. The number of anilines is 2. The van der Waals surface area contributed by atoms with Crippen molar-refractivity contribution in [1.29, 1.82) is 0 Å². The normalized spacial score (nSPS) is 11.8. The molecular weight excluding hydrogens is 412 g/mol. The van der Waals surface area contributed by atoms with Gasteiger partial charge in [0.1, 0.15) is 11.6 Å². The van der Waals surface area contributed by atoms with Gasteiger partial charge in [-0.05, 0) is 36.5 Å². The summed E-state index contributed by atoms with van der Waals surface area (Å²) >= 11 is 1.82. The zero-order valence-electron chi connectivity index (χ0n) is 18.7. The molecule has 2 aromatic rings. The van der Waals surface area contributed by atoms with E-state index in [2.05, 4.69) is 28.5 Å². The van der Waals surface area contributed by atoms with Crippen LogP contribution in [0.15, 0.2) is 24.3 Å². The number of hydrogen-bond acceptors (Lipinski definition) is 7. The highest BCUT2D eigenvalue weighted by atomic mass is 32.2. The van der Waals surface area contributed by atoms with E-state index in [1.54, 1.807) is 7.11 Å². The molecule has 0 saturated heterocycles. The molecule has 7 nitrogen and oxygen atoms in total. The third kappa shape index (κ3) is 7.94. The Labute approximate surface area is 189 Å². The average Bonchev–Trinajstić information content (AvgIpc) is 2.76. The molecule has 1 aromatic carbocycles. The van der Waals surface area contributed by atoms with Crippen molar-refractivity contribution in [2.24, 2.45) is 0 Å². The van der Waals surface area contributed by atoms with Gasteiger partial charge in [-0.2, -0.15) is 16.7 Å². The number of para-hydroxylation sites is 1. The van der Waals surface area contributed by atoms with E-state index in [1.807, 2.05) is 36.0 Å². The van der Waals surface area contributed by atoms with Gasteiger partial charge in [-0.1, -0.05) is 38.0 Å². The number of aromatic nitrogens is 2. The Balaban J connectivity index is 2.44. The molecule has 0 bridgehead atoms. The summed E-state index contributed by atoms with van der Waals surface area (Å²) in [6.07, 6.45) is 7.23. The first-order chi connectivity index (χ1) is 15.0. The van der Waals surface area contributed by atoms with Crippen LogP contribution in [0.5, 0.6) is 5.75 Å². The van der Waals surface area contributed by atoms with Gasteiger partial charge in [0.25, 0.3) is 0 Å². The molecule has 4 N–H and O–H groups in total. The molecule has 0 amide bonds. The first kappa shape index (κ1) is 24.8. The topological polar surface area (TPSA) is 110 Å². The fourth-order valence-electron chi connectivity index (χ4n) is 3.52. The number of nitrogens with one attached hydrogen (secondary N) is 1. The minimum Gasteiger partial charge on any atom is -0.496 e. The van der Waals surface area contributed by atoms with Gasteiger partial charge in [-0.15, -0.1) is 0 Å². The van der Waals surface area contributed by atoms with Crippen LogP contribution in [0.1, 0.15) is 55.8 Å². The molecule has 0 spiro atoms. The lowest BCUT2D eigenvalue weighted by Crippen LogP contribution is -2.23. The van der Waals surface area contributed by atoms with Crippen molar-refractivity contribution >= 4 is 29.5 Å². The van der Waals surface area contributed by atoms with Crippen molar-refractivity contribution in [2.75, 3.05) is 30.2 Å². The molecule has 1 aromatic heterocycles. The Hall–Kier alpha value is -2.48. The van der Waals surface area contributed by atoms with Gasteiger partial charge in [0.2, 0.25) is 5.95 Å². The summed E-state index contributed by atoms with van der Waals surface area (Å²) in [7, 11) is 1.64. The van der Waals surface area contributed by atoms with Gasteiger partial charge in [0, 0.05) is 24.4 Å². The van der Waals surface area contributed by atoms with E-state index < -0.39 is 5.97 Å². The molecule has 0 aliphatic heterocycles. The van der Waals surface area contributed by atoms with Crippen LogP contribution in [0.2, 0.25) is 0 Å². The quantitative estimate of drug-likeness (QED) is 0.392. The van der Waals surface area contributed by atoms with Crippen LogP contribution in [0.3, 0.4) is 0 Å². The van der Waals surface area contributed by atoms with E-state index >= 15 is 0 Å². The summed E-state index contributed by atoms with van der Waals surface area (Å²) in [5, 5.41) is 12.8. The Morgan fingerprint density at radius 1 is 1.29 bits per heavy atom. The number of methoxy groups -OCH3 is 1. The second-order valence-corrected chi connectivity index (χ2v) is 8.49. The van der Waals surface area contributed by atoms with Crippen LogP contribution in [0.4, 0.5) is 11.8 Å². The standard InChI is InChI=1S/C23H34N4O3S/c1-4-5-9-17(13-14-31-3)25-22-18(15-16-8-6-7-10-20(16)30-2)19(11-12-21(28)29)26-23(24)27-22/h6-8,10,17H,4-5,9,11-15H2,1-3H3,(H,28,29)(H3,24,25,26,27). The van der Waals surface area contributed by atoms with Gasteiger partial charge in [0.05, 0.1) is 19.2 Å². The van der Waals surface area contributed by atoms with Crippen molar-refractivity contribution in [3.63, 3.8) is 0 Å². The molecule has 170 valence electrons. The lowest BCUT2D eigenvalue weighted by molar-refractivity contribution is -0.136. The second kappa shape index (κ2) is 13.0. The first-order valence-electron chi connectivity index (χ1n) is 10.7. The molecular formula is C23H34N4O3S. The van der Waals surface area contributed by atoms with Crippen molar-refractivity contribution < 1.29 is 14.6 Å². The number of thioether (sulfide) groups is 1. The Morgan fingerprint density at radius 3 is 2.74 bits per heavy atom. The Kier molecular flexibility index (Phi) is 10.4. The molecule has 31 heavy (non-hydrogen) atoms. The molecule has 1 atom stereocenters. The van der Waals surface area contributed by atoms with Gasteiger partial charge in [0.15, 0.2) is 0 Å². The van der Waals surface area contributed by atoms with Crippen molar-refractivity contribution in [2.45, 2.75) is 57.9 Å². The van der Waals surface area contributed by atoms with Crippen LogP contribution in [0.25, 0.3) is 0 Å². The summed E-state index contributed by atoms with van der Waals surface area (Å²) < 4.78 is 5.52. The van der Waals surface area contributed by atoms with Crippen molar-refractivity contribution in [3.05, 3.63) is 41.1 Å². The molecule has 0 radical (unpaired) electrons. The molecule has 0 aliphatic carbocycles. The van der Waals surface area contributed by atoms with Crippen LogP contribution >= 0.6 is 11.8 Å². The number of nitrogens with two attached hydrogens (primary N) is 1. The summed E-state index contributed by atoms with van der Waals surface area (Å²) in [6, 6.07) is 8.07. The molecule has 8 heteroatoms. The summed E-state index contributed by atoms with van der Waals surface area (Å²) in [6.45, 7) is 2.19. The zero-order valence-corrected chi connectivity index (χ0v) is 19.5. The fourth-order valence-corrected chi connectivity index (χ4v) is 4.04. The molecule has 0 aliphatic rings. The molecule has 1 heterocycles. The van der Waals surface area contributed by atoms with Gasteiger partial charge >= 0.3 is 5.97 Å². The van der Waals surface area contributed by atoms with Crippen LogP contribution < -0.4 is 15.8 Å². The number of unbranched alkanes of at least 4 members (excludes halogenated alkanes) is 1. The van der Waals surface area contributed by atoms with Gasteiger partial charge in [-0.3, -0.25) is 4.79 Å². The lowest BCUT2D eigenvalue weighted by atomic mass is 9.99. The minimum absolute atomic E-state index is 0.0133. The summed E-state index contributed by atoms with van der Waals surface area (Å²) in [5.41, 5.74) is 8.56. The number of hydrogen-bond donors (Lipinski definition) is 3. The summed E-state index contributed by atoms with van der Waals surface area (Å²) in [5.74, 6) is 1.82. The zero-order chi connectivity index (χ0) is 22.6. The second-order valence-electron chi connectivity index (χ2n) is 7.50. The highest BCUT2D eigenvalue weighted by molar-refractivity contribution is 7.98. The lowest BCUT2D eigenvalue weighted by Gasteiger charge is -2.22. The number of ether oxygens (including phenoxy) is 1. The molecule has 0 saturated carbocycles. The van der Waals surface area contributed by atoms with E-state index in [0.29, 0.717) is 24.4 Å².